The number of hydrogen-bond acceptors (Lipinski definition) is 3. The molecule has 1 saturated heterocycles. The summed E-state index contributed by atoms with van der Waals surface area (Å²) in [6, 6.07) is 11.0. The third kappa shape index (κ3) is 4.91. The van der Waals surface area contributed by atoms with Gasteiger partial charge in [0.15, 0.2) is 0 Å². The Balaban J connectivity index is 1.65. The smallest absolute Gasteiger partial charge is 0.285 e. The van der Waals surface area contributed by atoms with Crippen LogP contribution < -0.4 is 5.32 Å². The molecule has 0 atom stereocenters. The van der Waals surface area contributed by atoms with Crippen LogP contribution in [-0.2, 0) is 11.2 Å². The molecule has 0 aromatic heterocycles. The van der Waals surface area contributed by atoms with Crippen molar-refractivity contribution in [2.45, 2.75) is 19.3 Å². The molecule has 1 N–H and O–H groups in total. The van der Waals surface area contributed by atoms with Crippen molar-refractivity contribution >= 4 is 6.02 Å². The van der Waals surface area contributed by atoms with Crippen molar-refractivity contribution in [2.24, 2.45) is 4.99 Å². The normalized spacial score (nSPS) is 16.6. The van der Waals surface area contributed by atoms with E-state index in [2.05, 4.69) is 39.5 Å². The number of nitrogens with zero attached hydrogens (tertiary/aromatic N) is 2. The third-order valence-electron chi connectivity index (χ3n) is 3.33. The maximum Gasteiger partial charge on any atom is 0.285 e. The molecular weight excluding hydrogens is 238 g/mol. The van der Waals surface area contributed by atoms with Crippen LogP contribution in [0, 0.1) is 0 Å². The first-order chi connectivity index (χ1) is 9.38. The monoisotopic (exact) mass is 261 g/mol. The first-order valence-corrected chi connectivity index (χ1v) is 6.98. The molecule has 19 heavy (non-hydrogen) atoms. The molecule has 0 unspecified atom stereocenters. The van der Waals surface area contributed by atoms with Gasteiger partial charge in [0.05, 0.1) is 13.3 Å². The number of benzene rings is 1. The van der Waals surface area contributed by atoms with Gasteiger partial charge in [0, 0.05) is 13.5 Å². The van der Waals surface area contributed by atoms with Crippen LogP contribution in [0.3, 0.4) is 0 Å². The fourth-order valence-electron chi connectivity index (χ4n) is 2.23. The van der Waals surface area contributed by atoms with Gasteiger partial charge >= 0.3 is 0 Å². The lowest BCUT2D eigenvalue weighted by atomic mass is 10.2. The number of hydrogen-bond donors (Lipinski definition) is 1. The zero-order valence-electron chi connectivity index (χ0n) is 11.6. The quantitative estimate of drug-likeness (QED) is 0.649. The number of nitrogens with one attached hydrogen (secondary N) is 1. The van der Waals surface area contributed by atoms with Crippen molar-refractivity contribution in [3.05, 3.63) is 35.9 Å². The molecule has 1 aromatic carbocycles. The van der Waals surface area contributed by atoms with Crippen LogP contribution in [0.5, 0.6) is 0 Å². The summed E-state index contributed by atoms with van der Waals surface area (Å²) in [6.45, 7) is 3.84. The van der Waals surface area contributed by atoms with Gasteiger partial charge in [-0.1, -0.05) is 30.3 Å². The highest BCUT2D eigenvalue weighted by Gasteiger charge is 2.11. The average molecular weight is 261 g/mol. The summed E-state index contributed by atoms with van der Waals surface area (Å²) >= 11 is 0. The number of rotatable bonds is 5. The molecule has 0 saturated carbocycles. The van der Waals surface area contributed by atoms with Gasteiger partial charge < -0.3 is 10.1 Å². The van der Waals surface area contributed by atoms with E-state index >= 15 is 0 Å². The van der Waals surface area contributed by atoms with Crippen LogP contribution >= 0.6 is 0 Å². The molecule has 1 aliphatic rings. The Morgan fingerprint density at radius 3 is 2.68 bits per heavy atom. The van der Waals surface area contributed by atoms with Gasteiger partial charge in [-0.05, 0) is 31.5 Å². The van der Waals surface area contributed by atoms with E-state index in [1.54, 1.807) is 7.05 Å². The molecule has 4 heteroatoms. The molecule has 1 fully saturated rings. The van der Waals surface area contributed by atoms with Crippen molar-refractivity contribution in [2.75, 3.05) is 33.4 Å². The van der Waals surface area contributed by atoms with Gasteiger partial charge in [-0.3, -0.25) is 4.90 Å². The highest BCUT2D eigenvalue weighted by Crippen LogP contribution is 2.05. The second kappa shape index (κ2) is 7.79. The fraction of sp³-hybridized carbons (Fsp3) is 0.533. The van der Waals surface area contributed by atoms with Crippen LogP contribution in [0.1, 0.15) is 18.4 Å². The molecule has 2 rings (SSSR count). The van der Waals surface area contributed by atoms with Crippen molar-refractivity contribution in [1.82, 2.24) is 10.2 Å². The molecule has 0 spiro atoms. The second-order valence-corrected chi connectivity index (χ2v) is 4.77. The van der Waals surface area contributed by atoms with Gasteiger partial charge in [-0.2, -0.15) is 0 Å². The van der Waals surface area contributed by atoms with Crippen LogP contribution in [0.15, 0.2) is 35.3 Å². The summed E-state index contributed by atoms with van der Waals surface area (Å²) in [4.78, 5) is 6.52. The molecule has 0 radical (unpaired) electrons. The first-order valence-electron chi connectivity index (χ1n) is 6.98. The molecule has 1 aliphatic heterocycles. The Morgan fingerprint density at radius 1 is 1.26 bits per heavy atom. The molecule has 0 bridgehead atoms. The van der Waals surface area contributed by atoms with E-state index in [4.69, 9.17) is 4.74 Å². The van der Waals surface area contributed by atoms with Crippen LogP contribution in [-0.4, -0.2) is 44.3 Å². The molecule has 0 amide bonds. The summed E-state index contributed by atoms with van der Waals surface area (Å²) in [5, 5.41) is 3.25. The minimum Gasteiger partial charge on any atom is -0.465 e. The largest absolute Gasteiger partial charge is 0.465 e. The Hall–Kier alpha value is -1.55. The van der Waals surface area contributed by atoms with E-state index in [1.165, 1.54) is 31.5 Å². The lowest BCUT2D eigenvalue weighted by Gasteiger charge is -2.17. The zero-order chi connectivity index (χ0) is 13.3. The third-order valence-corrected chi connectivity index (χ3v) is 3.33. The van der Waals surface area contributed by atoms with E-state index in [0.29, 0.717) is 12.6 Å². The number of aliphatic imine (C=N–C) groups is 1. The van der Waals surface area contributed by atoms with Gasteiger partial charge in [0.2, 0.25) is 0 Å². The molecule has 4 nitrogen and oxygen atoms in total. The summed E-state index contributed by atoms with van der Waals surface area (Å²) in [7, 11) is 1.76. The predicted octanol–water partition coefficient (Wildman–Crippen LogP) is 1.87. The van der Waals surface area contributed by atoms with Crippen molar-refractivity contribution in [3.8, 4) is 0 Å². The van der Waals surface area contributed by atoms with Crippen molar-refractivity contribution in [1.29, 1.82) is 0 Å². The van der Waals surface area contributed by atoms with Gasteiger partial charge in [0.1, 0.15) is 0 Å². The van der Waals surface area contributed by atoms with E-state index in [-0.39, 0.29) is 0 Å². The van der Waals surface area contributed by atoms with E-state index in [1.807, 2.05) is 6.07 Å². The summed E-state index contributed by atoms with van der Waals surface area (Å²) in [5.74, 6) is 0. The van der Waals surface area contributed by atoms with Crippen molar-refractivity contribution in [3.63, 3.8) is 0 Å². The Kier molecular flexibility index (Phi) is 5.69. The Labute approximate surface area is 115 Å². The summed E-state index contributed by atoms with van der Waals surface area (Å²) in [6.07, 6.45) is 3.51. The Morgan fingerprint density at radius 2 is 2.00 bits per heavy atom. The van der Waals surface area contributed by atoms with E-state index in [0.717, 1.165) is 13.1 Å². The topological polar surface area (TPSA) is 36.9 Å². The fourth-order valence-corrected chi connectivity index (χ4v) is 2.23. The van der Waals surface area contributed by atoms with E-state index < -0.39 is 0 Å². The second-order valence-electron chi connectivity index (χ2n) is 4.77. The van der Waals surface area contributed by atoms with Crippen LogP contribution in [0.4, 0.5) is 0 Å². The maximum atomic E-state index is 5.67. The molecule has 104 valence electrons. The molecular formula is C15H23N3O. The highest BCUT2D eigenvalue weighted by molar-refractivity contribution is 5.73. The lowest BCUT2D eigenvalue weighted by Crippen LogP contribution is -2.37. The van der Waals surface area contributed by atoms with Crippen molar-refractivity contribution < 1.29 is 4.74 Å². The van der Waals surface area contributed by atoms with Gasteiger partial charge in [-0.25, -0.2) is 4.99 Å². The predicted molar refractivity (Wildman–Crippen MR) is 78.3 cm³/mol. The maximum absolute atomic E-state index is 5.67. The summed E-state index contributed by atoms with van der Waals surface area (Å²) in [5.41, 5.74) is 1.29. The average Bonchev–Trinajstić information content (AvgIpc) is 2.97. The minimum absolute atomic E-state index is 0.642. The standard InChI is InChI=1S/C15H23N3O/c1-16-15(17-13-18-10-5-6-11-18)19-12-9-14-7-3-2-4-8-14/h2-4,7-8H,5-6,9-13H2,1H3,(H,16,17). The van der Waals surface area contributed by atoms with Crippen LogP contribution in [0.25, 0.3) is 0 Å². The SMILES string of the molecule is CN=C(NCN1CCCC1)OCCc1ccccc1. The van der Waals surface area contributed by atoms with Crippen LogP contribution in [0.2, 0.25) is 0 Å². The Bertz CT molecular complexity index is 386. The molecule has 1 heterocycles. The lowest BCUT2D eigenvalue weighted by molar-refractivity contribution is 0.268. The number of amidine groups is 1. The number of likely N-dealkylation sites (tertiary alicyclic amines) is 1. The van der Waals surface area contributed by atoms with Gasteiger partial charge in [-0.15, -0.1) is 0 Å². The minimum atomic E-state index is 0.642. The first kappa shape index (κ1) is 13.9. The van der Waals surface area contributed by atoms with Gasteiger partial charge in [0.25, 0.3) is 6.02 Å². The summed E-state index contributed by atoms with van der Waals surface area (Å²) < 4.78 is 5.67. The zero-order valence-corrected chi connectivity index (χ0v) is 11.6. The molecule has 1 aromatic rings. The molecule has 0 aliphatic carbocycles. The highest BCUT2D eigenvalue weighted by atomic mass is 16.5. The number of ether oxygens (including phenoxy) is 1. The van der Waals surface area contributed by atoms with E-state index in [9.17, 15) is 0 Å².